The van der Waals surface area contributed by atoms with Crippen LogP contribution in [0.1, 0.15) is 60.7 Å². The van der Waals surface area contributed by atoms with Gasteiger partial charge in [-0.2, -0.15) is 26.3 Å². The number of amides is 3. The second kappa shape index (κ2) is 10.6. The summed E-state index contributed by atoms with van der Waals surface area (Å²) in [7, 11) is 0. The molecule has 2 unspecified atom stereocenters. The number of alkyl halides is 6. The fourth-order valence-electron chi connectivity index (χ4n) is 4.34. The second-order valence-electron chi connectivity index (χ2n) is 10.2. The van der Waals surface area contributed by atoms with Gasteiger partial charge < -0.3 is 15.5 Å². The first-order chi connectivity index (χ1) is 17.0. The van der Waals surface area contributed by atoms with Gasteiger partial charge in [-0.15, -0.1) is 0 Å². The smallest absolute Gasteiger partial charge is 0.335 e. The number of urea groups is 1. The number of halogens is 6. The molecule has 1 fully saturated rings. The van der Waals surface area contributed by atoms with Crippen LogP contribution in [0.15, 0.2) is 48.5 Å². The molecule has 1 heterocycles. The van der Waals surface area contributed by atoms with Gasteiger partial charge in [-0.25, -0.2) is 4.79 Å². The summed E-state index contributed by atoms with van der Waals surface area (Å²) in [6, 6.07) is 8.63. The van der Waals surface area contributed by atoms with Crippen LogP contribution in [-0.4, -0.2) is 41.0 Å². The van der Waals surface area contributed by atoms with Crippen molar-refractivity contribution in [2.75, 3.05) is 6.54 Å². The maximum absolute atomic E-state index is 13.4. The van der Waals surface area contributed by atoms with E-state index in [1.165, 1.54) is 4.90 Å². The Hall–Kier alpha value is -3.24. The number of carbonyl (C=O) groups excluding carboxylic acids is 2. The Balaban J connectivity index is 1.91. The van der Waals surface area contributed by atoms with Crippen molar-refractivity contribution < 1.29 is 35.9 Å². The molecule has 3 amide bonds. The van der Waals surface area contributed by atoms with E-state index in [4.69, 9.17) is 0 Å². The molecule has 1 saturated heterocycles. The highest BCUT2D eigenvalue weighted by atomic mass is 19.4. The Morgan fingerprint density at radius 2 is 1.49 bits per heavy atom. The van der Waals surface area contributed by atoms with Crippen LogP contribution in [0.5, 0.6) is 0 Å². The van der Waals surface area contributed by atoms with Crippen LogP contribution in [0, 0.1) is 0 Å². The zero-order valence-corrected chi connectivity index (χ0v) is 20.6. The van der Waals surface area contributed by atoms with Crippen LogP contribution in [0.2, 0.25) is 0 Å². The van der Waals surface area contributed by atoms with Crippen LogP contribution in [-0.2, 0) is 18.8 Å². The van der Waals surface area contributed by atoms with E-state index in [0.717, 1.165) is 5.56 Å². The number of hydrogen-bond donors (Lipinski definition) is 2. The van der Waals surface area contributed by atoms with E-state index in [2.05, 4.69) is 10.6 Å². The number of likely N-dealkylation sites (tertiary alicyclic amines) is 1. The van der Waals surface area contributed by atoms with E-state index in [-0.39, 0.29) is 25.1 Å². The Morgan fingerprint density at radius 3 is 2.00 bits per heavy atom. The zero-order valence-electron chi connectivity index (χ0n) is 20.6. The number of carbonyl (C=O) groups is 2. The summed E-state index contributed by atoms with van der Waals surface area (Å²) in [6.07, 6.45) is -9.23. The standard InChI is InChI=1S/C26H29F6N3O2/c1-24(2,3)34-23(37)33-20-9-10-35(21(15-20)11-16-7-5-4-6-8-16)22(36)17-12-18(25(27,28)29)14-19(13-17)26(30,31)32/h4-8,12-14,20-21H,9-11,15H2,1-3H3,(H2,33,34,37). The molecule has 2 aromatic rings. The van der Waals surface area contributed by atoms with Gasteiger partial charge in [0.25, 0.3) is 5.91 Å². The molecule has 0 saturated carbocycles. The van der Waals surface area contributed by atoms with Gasteiger partial charge in [0.2, 0.25) is 0 Å². The van der Waals surface area contributed by atoms with E-state index in [0.29, 0.717) is 25.0 Å². The van der Waals surface area contributed by atoms with Gasteiger partial charge in [0.1, 0.15) is 0 Å². The van der Waals surface area contributed by atoms with E-state index < -0.39 is 52.6 Å². The molecule has 0 spiro atoms. The third-order valence-electron chi connectivity index (χ3n) is 5.95. The minimum absolute atomic E-state index is 0.00220. The molecule has 0 aromatic heterocycles. The summed E-state index contributed by atoms with van der Waals surface area (Å²) >= 11 is 0. The first-order valence-electron chi connectivity index (χ1n) is 11.8. The van der Waals surface area contributed by atoms with Crippen LogP contribution in [0.3, 0.4) is 0 Å². The lowest BCUT2D eigenvalue weighted by atomic mass is 9.91. The van der Waals surface area contributed by atoms with E-state index >= 15 is 0 Å². The molecule has 202 valence electrons. The maximum Gasteiger partial charge on any atom is 0.416 e. The van der Waals surface area contributed by atoms with Crippen molar-refractivity contribution in [2.45, 2.75) is 70.0 Å². The average Bonchev–Trinajstić information content (AvgIpc) is 2.77. The molecule has 0 radical (unpaired) electrons. The lowest BCUT2D eigenvalue weighted by Gasteiger charge is -2.40. The Labute approximate surface area is 211 Å². The maximum atomic E-state index is 13.4. The van der Waals surface area contributed by atoms with Crippen molar-refractivity contribution in [1.82, 2.24) is 15.5 Å². The lowest BCUT2D eigenvalue weighted by molar-refractivity contribution is -0.143. The summed E-state index contributed by atoms with van der Waals surface area (Å²) in [5, 5.41) is 5.65. The minimum atomic E-state index is -5.06. The fourth-order valence-corrected chi connectivity index (χ4v) is 4.34. The van der Waals surface area contributed by atoms with Crippen molar-refractivity contribution in [3.8, 4) is 0 Å². The molecule has 11 heteroatoms. The number of nitrogens with one attached hydrogen (secondary N) is 2. The summed E-state index contributed by atoms with van der Waals surface area (Å²) in [5.41, 5.74) is -3.41. The Morgan fingerprint density at radius 1 is 0.919 bits per heavy atom. The van der Waals surface area contributed by atoms with Crippen molar-refractivity contribution >= 4 is 11.9 Å². The predicted octanol–water partition coefficient (Wildman–Crippen LogP) is 6.04. The summed E-state index contributed by atoms with van der Waals surface area (Å²) in [6.45, 7) is 5.50. The van der Waals surface area contributed by atoms with Crippen molar-refractivity contribution in [1.29, 1.82) is 0 Å². The van der Waals surface area contributed by atoms with E-state index in [1.807, 2.05) is 32.9 Å². The van der Waals surface area contributed by atoms with E-state index in [1.54, 1.807) is 18.2 Å². The predicted molar refractivity (Wildman–Crippen MR) is 126 cm³/mol. The molecule has 1 aliphatic rings. The molecule has 5 nitrogen and oxygen atoms in total. The monoisotopic (exact) mass is 529 g/mol. The lowest BCUT2D eigenvalue weighted by Crippen LogP contribution is -2.55. The highest BCUT2D eigenvalue weighted by Gasteiger charge is 2.39. The summed E-state index contributed by atoms with van der Waals surface area (Å²) in [4.78, 5) is 27.1. The molecule has 2 N–H and O–H groups in total. The second-order valence-corrected chi connectivity index (χ2v) is 10.2. The number of nitrogens with zero attached hydrogens (tertiary/aromatic N) is 1. The third-order valence-corrected chi connectivity index (χ3v) is 5.95. The summed E-state index contributed by atoms with van der Waals surface area (Å²) < 4.78 is 80.1. The highest BCUT2D eigenvalue weighted by Crippen LogP contribution is 2.37. The van der Waals surface area contributed by atoms with Crippen LogP contribution in [0.4, 0.5) is 31.1 Å². The molecule has 37 heavy (non-hydrogen) atoms. The fraction of sp³-hybridized carbons (Fsp3) is 0.462. The zero-order chi connectivity index (χ0) is 27.6. The van der Waals surface area contributed by atoms with Crippen LogP contribution in [0.25, 0.3) is 0 Å². The van der Waals surface area contributed by atoms with Gasteiger partial charge in [0, 0.05) is 29.7 Å². The Kier molecular flexibility index (Phi) is 8.14. The van der Waals surface area contributed by atoms with E-state index in [9.17, 15) is 35.9 Å². The van der Waals surface area contributed by atoms with Crippen molar-refractivity contribution in [3.63, 3.8) is 0 Å². The normalized spacial score (nSPS) is 18.9. The van der Waals surface area contributed by atoms with Crippen LogP contribution < -0.4 is 10.6 Å². The molecular weight excluding hydrogens is 500 g/mol. The summed E-state index contributed by atoms with van der Waals surface area (Å²) in [5.74, 6) is -0.921. The molecule has 0 aliphatic carbocycles. The number of piperidine rings is 1. The topological polar surface area (TPSA) is 61.4 Å². The molecule has 2 atom stereocenters. The van der Waals surface area contributed by atoms with Gasteiger partial charge in [0.15, 0.2) is 0 Å². The number of benzene rings is 2. The van der Waals surface area contributed by atoms with Crippen LogP contribution >= 0.6 is 0 Å². The van der Waals surface area contributed by atoms with Crippen molar-refractivity contribution in [2.24, 2.45) is 0 Å². The van der Waals surface area contributed by atoms with Gasteiger partial charge in [0.05, 0.1) is 11.1 Å². The minimum Gasteiger partial charge on any atom is -0.335 e. The molecule has 3 rings (SSSR count). The number of hydrogen-bond acceptors (Lipinski definition) is 2. The first kappa shape index (κ1) is 28.3. The van der Waals surface area contributed by atoms with Gasteiger partial charge >= 0.3 is 18.4 Å². The molecule has 1 aliphatic heterocycles. The van der Waals surface area contributed by atoms with Crippen molar-refractivity contribution in [3.05, 3.63) is 70.8 Å². The van der Waals surface area contributed by atoms with Gasteiger partial charge in [-0.05, 0) is 63.8 Å². The van der Waals surface area contributed by atoms with Gasteiger partial charge in [-0.3, -0.25) is 4.79 Å². The Bertz CT molecular complexity index is 1080. The molecular formula is C26H29F6N3O2. The quantitative estimate of drug-likeness (QED) is 0.475. The largest absolute Gasteiger partial charge is 0.416 e. The average molecular weight is 530 g/mol. The van der Waals surface area contributed by atoms with Gasteiger partial charge in [-0.1, -0.05) is 30.3 Å². The third kappa shape index (κ3) is 7.87. The SMILES string of the molecule is CC(C)(C)NC(=O)NC1CCN(C(=O)c2cc(C(F)(F)F)cc(C(F)(F)F)c2)C(Cc2ccccc2)C1. The highest BCUT2D eigenvalue weighted by molar-refractivity contribution is 5.95. The molecule has 0 bridgehead atoms. The first-order valence-corrected chi connectivity index (χ1v) is 11.8. The number of rotatable bonds is 4. The molecule has 2 aromatic carbocycles.